The number of halogens is 1. The fraction of sp³-hybridized carbons (Fsp3) is 0.500. The number of hydrogen-bond donors (Lipinski definition) is 1. The molecule has 0 aromatic carbocycles. The Balaban J connectivity index is 3.04. The zero-order valence-electron chi connectivity index (χ0n) is 7.95. The Hall–Kier alpha value is -0.100. The van der Waals surface area contributed by atoms with Gasteiger partial charge in [0.05, 0.1) is 10.8 Å². The molecule has 0 bridgehead atoms. The van der Waals surface area contributed by atoms with Gasteiger partial charge in [0, 0.05) is 10.9 Å². The van der Waals surface area contributed by atoms with Crippen molar-refractivity contribution in [1.29, 1.82) is 0 Å². The summed E-state index contributed by atoms with van der Waals surface area (Å²) in [5.74, 6) is 0.228. The van der Waals surface area contributed by atoms with Gasteiger partial charge in [0.2, 0.25) is 10.0 Å². The molecule has 3 nitrogen and oxygen atoms in total. The first-order chi connectivity index (χ1) is 6.47. The van der Waals surface area contributed by atoms with E-state index in [1.54, 1.807) is 25.3 Å². The maximum Gasteiger partial charge on any atom is 0.241 e. The van der Waals surface area contributed by atoms with Crippen molar-refractivity contribution in [3.63, 3.8) is 0 Å². The topological polar surface area (TPSA) is 46.2 Å². The lowest BCUT2D eigenvalue weighted by Crippen LogP contribution is -2.30. The summed E-state index contributed by atoms with van der Waals surface area (Å²) in [6.07, 6.45) is 0. The average Bonchev–Trinajstić information content (AvgIpc) is 2.48. The van der Waals surface area contributed by atoms with Crippen LogP contribution in [0.3, 0.4) is 0 Å². The summed E-state index contributed by atoms with van der Waals surface area (Å²) < 4.78 is 26.0. The molecule has 1 N–H and O–H groups in total. The molecular weight excluding hydrogens is 242 g/mol. The minimum Gasteiger partial charge on any atom is -0.209 e. The molecule has 80 valence electrons. The monoisotopic (exact) mass is 253 g/mol. The largest absolute Gasteiger partial charge is 0.241 e. The van der Waals surface area contributed by atoms with Gasteiger partial charge < -0.3 is 0 Å². The summed E-state index contributed by atoms with van der Waals surface area (Å²) in [5, 5.41) is 1.73. The highest BCUT2D eigenvalue weighted by Gasteiger charge is 2.19. The van der Waals surface area contributed by atoms with Crippen molar-refractivity contribution in [1.82, 2.24) is 4.72 Å². The Bertz CT molecular complexity index is 397. The molecule has 0 spiro atoms. The normalized spacial score (nSPS) is 12.3. The first kappa shape index (κ1) is 12.0. The summed E-state index contributed by atoms with van der Waals surface area (Å²) in [6.45, 7) is 3.56. The van der Waals surface area contributed by atoms with Gasteiger partial charge in [-0.05, 0) is 25.3 Å². The molecule has 1 aromatic heterocycles. The van der Waals surface area contributed by atoms with Crippen LogP contribution in [-0.2, 0) is 15.9 Å². The quantitative estimate of drug-likeness (QED) is 0.836. The first-order valence-corrected chi connectivity index (χ1v) is 7.01. The van der Waals surface area contributed by atoms with Gasteiger partial charge in [0.15, 0.2) is 0 Å². The molecule has 1 rings (SSSR count). The second-order valence-electron chi connectivity index (χ2n) is 3.12. The van der Waals surface area contributed by atoms with Gasteiger partial charge in [-0.15, -0.1) is 22.9 Å². The highest BCUT2D eigenvalue weighted by atomic mass is 35.5. The van der Waals surface area contributed by atoms with Crippen LogP contribution in [0.5, 0.6) is 0 Å². The smallest absolute Gasteiger partial charge is 0.209 e. The Morgan fingerprint density at radius 1 is 1.57 bits per heavy atom. The van der Waals surface area contributed by atoms with Crippen LogP contribution in [0.4, 0.5) is 0 Å². The Morgan fingerprint density at radius 3 is 2.71 bits per heavy atom. The maximum atomic E-state index is 11.7. The van der Waals surface area contributed by atoms with Crippen molar-refractivity contribution in [2.24, 2.45) is 0 Å². The van der Waals surface area contributed by atoms with E-state index in [0.29, 0.717) is 9.77 Å². The van der Waals surface area contributed by atoms with E-state index < -0.39 is 10.0 Å². The third kappa shape index (κ3) is 2.70. The van der Waals surface area contributed by atoms with Crippen LogP contribution in [0.15, 0.2) is 16.3 Å². The molecule has 0 atom stereocenters. The van der Waals surface area contributed by atoms with Crippen LogP contribution in [-0.4, -0.2) is 14.5 Å². The fourth-order valence-electron chi connectivity index (χ4n) is 1.04. The molecule has 0 unspecified atom stereocenters. The molecule has 0 amide bonds. The molecule has 0 saturated carbocycles. The lowest BCUT2D eigenvalue weighted by molar-refractivity contribution is 0.569. The summed E-state index contributed by atoms with van der Waals surface area (Å²) in [7, 11) is -3.38. The molecule has 1 heterocycles. The molecule has 0 saturated heterocycles. The predicted molar refractivity (Wildman–Crippen MR) is 59.3 cm³/mol. The average molecular weight is 254 g/mol. The molecule has 14 heavy (non-hydrogen) atoms. The van der Waals surface area contributed by atoms with Gasteiger partial charge in [-0.25, -0.2) is 13.1 Å². The van der Waals surface area contributed by atoms with Crippen LogP contribution in [0.2, 0.25) is 0 Å². The molecular formula is C8H12ClNO2S2. The van der Waals surface area contributed by atoms with Crippen molar-refractivity contribution in [3.8, 4) is 0 Å². The van der Waals surface area contributed by atoms with Crippen LogP contribution < -0.4 is 4.72 Å². The zero-order valence-corrected chi connectivity index (χ0v) is 10.3. The fourth-order valence-corrected chi connectivity index (χ4v) is 3.99. The van der Waals surface area contributed by atoms with E-state index in [1.807, 2.05) is 0 Å². The number of rotatable bonds is 4. The zero-order chi connectivity index (χ0) is 10.8. The molecule has 0 fully saturated rings. The van der Waals surface area contributed by atoms with Crippen LogP contribution in [0, 0.1) is 0 Å². The Kier molecular flexibility index (Phi) is 3.94. The lowest BCUT2D eigenvalue weighted by Gasteiger charge is -2.08. The van der Waals surface area contributed by atoms with E-state index in [1.165, 1.54) is 11.3 Å². The van der Waals surface area contributed by atoms with Gasteiger partial charge >= 0.3 is 0 Å². The number of sulfonamides is 1. The van der Waals surface area contributed by atoms with Crippen molar-refractivity contribution < 1.29 is 8.42 Å². The third-order valence-electron chi connectivity index (χ3n) is 1.51. The van der Waals surface area contributed by atoms with Crippen LogP contribution in [0.25, 0.3) is 0 Å². The van der Waals surface area contributed by atoms with Gasteiger partial charge in [-0.1, -0.05) is 0 Å². The SMILES string of the molecule is CC(C)NS(=O)(=O)c1ccsc1CCl. The van der Waals surface area contributed by atoms with Crippen molar-refractivity contribution >= 4 is 33.0 Å². The van der Waals surface area contributed by atoms with Crippen LogP contribution >= 0.6 is 22.9 Å². The minimum atomic E-state index is -3.38. The maximum absolute atomic E-state index is 11.7. The van der Waals surface area contributed by atoms with Gasteiger partial charge in [-0.3, -0.25) is 0 Å². The number of nitrogens with one attached hydrogen (secondary N) is 1. The number of hydrogen-bond acceptors (Lipinski definition) is 3. The Morgan fingerprint density at radius 2 is 2.21 bits per heavy atom. The van der Waals surface area contributed by atoms with Gasteiger partial charge in [0.25, 0.3) is 0 Å². The minimum absolute atomic E-state index is 0.108. The molecule has 0 aliphatic carbocycles. The van der Waals surface area contributed by atoms with Gasteiger partial charge in [0.1, 0.15) is 0 Å². The molecule has 0 radical (unpaired) electrons. The summed E-state index contributed by atoms with van der Waals surface area (Å²) >= 11 is 6.99. The molecule has 0 aliphatic heterocycles. The van der Waals surface area contributed by atoms with Gasteiger partial charge in [-0.2, -0.15) is 0 Å². The molecule has 1 aromatic rings. The second kappa shape index (κ2) is 4.61. The summed E-state index contributed by atoms with van der Waals surface area (Å²) in [4.78, 5) is 0.978. The highest BCUT2D eigenvalue weighted by molar-refractivity contribution is 7.89. The predicted octanol–water partition coefficient (Wildman–Crippen LogP) is 2.17. The van der Waals surface area contributed by atoms with Crippen LogP contribution in [0.1, 0.15) is 18.7 Å². The van der Waals surface area contributed by atoms with E-state index in [2.05, 4.69) is 4.72 Å². The standard InChI is InChI=1S/C8H12ClNO2S2/c1-6(2)10-14(11,12)8-3-4-13-7(8)5-9/h3-4,6,10H,5H2,1-2H3. The Labute approximate surface area is 93.1 Å². The number of thiophene rings is 1. The second-order valence-corrected chi connectivity index (χ2v) is 6.07. The van der Waals surface area contributed by atoms with Crippen molar-refractivity contribution in [2.75, 3.05) is 0 Å². The number of alkyl halides is 1. The van der Waals surface area contributed by atoms with E-state index in [9.17, 15) is 8.42 Å². The van der Waals surface area contributed by atoms with E-state index in [-0.39, 0.29) is 11.9 Å². The van der Waals surface area contributed by atoms with E-state index >= 15 is 0 Å². The highest BCUT2D eigenvalue weighted by Crippen LogP contribution is 2.23. The summed E-state index contributed by atoms with van der Waals surface area (Å²) in [6, 6.07) is 1.47. The molecule has 0 aliphatic rings. The first-order valence-electron chi connectivity index (χ1n) is 4.12. The molecule has 6 heteroatoms. The lowest BCUT2D eigenvalue weighted by atomic mass is 10.4. The van der Waals surface area contributed by atoms with Crippen molar-refractivity contribution in [2.45, 2.75) is 30.7 Å². The third-order valence-corrected chi connectivity index (χ3v) is 4.73. The van der Waals surface area contributed by atoms with Crippen molar-refractivity contribution in [3.05, 3.63) is 16.3 Å². The summed E-state index contributed by atoms with van der Waals surface area (Å²) in [5.41, 5.74) is 0. The van der Waals surface area contributed by atoms with E-state index in [4.69, 9.17) is 11.6 Å². The van der Waals surface area contributed by atoms with E-state index in [0.717, 1.165) is 0 Å².